The zero-order valence-electron chi connectivity index (χ0n) is 19.2. The van der Waals surface area contributed by atoms with E-state index in [1.165, 1.54) is 37.3 Å². The van der Waals surface area contributed by atoms with Crippen LogP contribution in [-0.2, 0) is 27.8 Å². The molecule has 0 saturated heterocycles. The van der Waals surface area contributed by atoms with Crippen LogP contribution in [0.4, 0.5) is 0 Å². The Kier molecular flexibility index (Phi) is 8.35. The summed E-state index contributed by atoms with van der Waals surface area (Å²) in [6.07, 6.45) is 4.07. The average Bonchev–Trinajstić information content (AvgIpc) is 2.84. The molecule has 0 radical (unpaired) electrons. The van der Waals surface area contributed by atoms with Gasteiger partial charge in [0.25, 0.3) is 0 Å². The molecule has 3 rings (SSSR count). The first-order valence-electron chi connectivity index (χ1n) is 10.7. The van der Waals surface area contributed by atoms with E-state index in [-0.39, 0.29) is 18.2 Å². The third-order valence-corrected chi connectivity index (χ3v) is 7.38. The maximum atomic E-state index is 12.7. The Morgan fingerprint density at radius 3 is 2.36 bits per heavy atom. The second kappa shape index (κ2) is 11.2. The van der Waals surface area contributed by atoms with Gasteiger partial charge in [0.15, 0.2) is 11.5 Å². The number of methoxy groups -OCH3 is 3. The average molecular weight is 475 g/mol. The monoisotopic (exact) mass is 474 g/mol. The number of carbonyl (C=O) groups is 1. The summed E-state index contributed by atoms with van der Waals surface area (Å²) in [5, 5.41) is 2.73. The largest absolute Gasteiger partial charge is 0.493 e. The quantitative estimate of drug-likeness (QED) is 0.420. The van der Waals surface area contributed by atoms with Crippen LogP contribution >= 0.6 is 0 Å². The highest BCUT2D eigenvalue weighted by molar-refractivity contribution is 7.89. The molecule has 0 bridgehead atoms. The molecule has 1 heterocycles. The number of carbonyl (C=O) groups excluding carboxylic acids is 1. The third kappa shape index (κ3) is 6.27. The molecule has 1 aliphatic rings. The molecule has 0 spiro atoms. The van der Waals surface area contributed by atoms with Crippen LogP contribution in [0.3, 0.4) is 0 Å². The lowest BCUT2D eigenvalue weighted by atomic mass is 10.0. The Labute approximate surface area is 195 Å². The predicted octanol–water partition coefficient (Wildman–Crippen LogP) is 2.62. The molecule has 1 amide bonds. The molecular formula is C24H30N2O6S. The van der Waals surface area contributed by atoms with E-state index >= 15 is 0 Å². The molecule has 0 atom stereocenters. The van der Waals surface area contributed by atoms with Crippen LogP contribution in [0.25, 0.3) is 6.08 Å². The summed E-state index contributed by atoms with van der Waals surface area (Å²) in [7, 11) is 1.19. The maximum Gasteiger partial charge on any atom is 0.243 e. The third-order valence-electron chi connectivity index (χ3n) is 5.48. The van der Waals surface area contributed by atoms with Gasteiger partial charge in [0.1, 0.15) is 0 Å². The van der Waals surface area contributed by atoms with Crippen molar-refractivity contribution < 1.29 is 27.4 Å². The normalized spacial score (nSPS) is 14.0. The standard InChI is InChI=1S/C24H30N2O6S/c1-30-21-15-18(16-22(31-2)24(21)32-3)9-10-23(27)25-12-6-14-33(28,29)26-13-11-19-7-4-5-8-20(19)17-26/h4-5,7-10,15-16H,6,11-14,17H2,1-3H3,(H,25,27)/b10-9+. The summed E-state index contributed by atoms with van der Waals surface area (Å²) in [6.45, 7) is 1.16. The van der Waals surface area contributed by atoms with Crippen molar-refractivity contribution in [2.24, 2.45) is 0 Å². The van der Waals surface area contributed by atoms with Gasteiger partial charge >= 0.3 is 0 Å². The first-order valence-corrected chi connectivity index (χ1v) is 12.3. The van der Waals surface area contributed by atoms with Gasteiger partial charge in [-0.1, -0.05) is 24.3 Å². The van der Waals surface area contributed by atoms with E-state index in [0.717, 1.165) is 12.0 Å². The molecule has 8 nitrogen and oxygen atoms in total. The molecule has 0 aliphatic carbocycles. The second-order valence-electron chi connectivity index (χ2n) is 7.60. The first-order chi connectivity index (χ1) is 15.9. The predicted molar refractivity (Wildman–Crippen MR) is 127 cm³/mol. The Morgan fingerprint density at radius 2 is 1.73 bits per heavy atom. The highest BCUT2D eigenvalue weighted by atomic mass is 32.2. The molecule has 178 valence electrons. The van der Waals surface area contributed by atoms with Crippen molar-refractivity contribution in [1.29, 1.82) is 0 Å². The number of nitrogens with zero attached hydrogens (tertiary/aromatic N) is 1. The SMILES string of the molecule is COc1cc(/C=C/C(=O)NCCCS(=O)(=O)N2CCc3ccccc3C2)cc(OC)c1OC. The number of nitrogens with one attached hydrogen (secondary N) is 1. The molecule has 1 N–H and O–H groups in total. The van der Waals surface area contributed by atoms with Crippen LogP contribution in [0.2, 0.25) is 0 Å². The molecule has 0 aromatic heterocycles. The zero-order chi connectivity index (χ0) is 23.8. The van der Waals surface area contributed by atoms with Crippen molar-refractivity contribution >= 4 is 22.0 Å². The van der Waals surface area contributed by atoms with Crippen LogP contribution < -0.4 is 19.5 Å². The van der Waals surface area contributed by atoms with Crippen molar-refractivity contribution in [2.75, 3.05) is 40.2 Å². The number of rotatable bonds is 10. The van der Waals surface area contributed by atoms with Gasteiger partial charge < -0.3 is 19.5 Å². The van der Waals surface area contributed by atoms with E-state index in [2.05, 4.69) is 5.32 Å². The Bertz CT molecular complexity index is 1090. The van der Waals surface area contributed by atoms with Crippen LogP contribution in [0.15, 0.2) is 42.5 Å². The van der Waals surface area contributed by atoms with E-state index in [9.17, 15) is 13.2 Å². The number of hydrogen-bond donors (Lipinski definition) is 1. The number of amides is 1. The Balaban J connectivity index is 1.49. The minimum absolute atomic E-state index is 0.00790. The molecule has 0 unspecified atom stereocenters. The first kappa shape index (κ1) is 24.6. The summed E-state index contributed by atoms with van der Waals surface area (Å²) in [5.41, 5.74) is 2.96. The smallest absolute Gasteiger partial charge is 0.243 e. The van der Waals surface area contributed by atoms with E-state index < -0.39 is 10.0 Å². The van der Waals surface area contributed by atoms with Gasteiger partial charge in [-0.15, -0.1) is 0 Å². The van der Waals surface area contributed by atoms with Gasteiger partial charge in [-0.2, -0.15) is 4.31 Å². The van der Waals surface area contributed by atoms with Crippen LogP contribution in [-0.4, -0.2) is 58.8 Å². The fourth-order valence-corrected chi connectivity index (χ4v) is 5.20. The maximum absolute atomic E-state index is 12.7. The number of ether oxygens (including phenoxy) is 3. The van der Waals surface area contributed by atoms with Crippen molar-refractivity contribution in [3.63, 3.8) is 0 Å². The van der Waals surface area contributed by atoms with Crippen molar-refractivity contribution in [3.05, 3.63) is 59.2 Å². The van der Waals surface area contributed by atoms with Gasteiger partial charge in [0.2, 0.25) is 21.7 Å². The summed E-state index contributed by atoms with van der Waals surface area (Å²) >= 11 is 0. The van der Waals surface area contributed by atoms with E-state index in [1.54, 1.807) is 18.2 Å². The molecule has 1 aliphatic heterocycles. The minimum atomic E-state index is -3.38. The highest BCUT2D eigenvalue weighted by Gasteiger charge is 2.26. The zero-order valence-corrected chi connectivity index (χ0v) is 20.0. The summed E-state index contributed by atoms with van der Waals surface area (Å²) < 4.78 is 42.8. The summed E-state index contributed by atoms with van der Waals surface area (Å²) in [5.74, 6) is 1.13. The van der Waals surface area contributed by atoms with Gasteiger partial charge in [-0.25, -0.2) is 8.42 Å². The second-order valence-corrected chi connectivity index (χ2v) is 9.69. The van der Waals surface area contributed by atoms with E-state index in [1.807, 2.05) is 24.3 Å². The Morgan fingerprint density at radius 1 is 1.06 bits per heavy atom. The highest BCUT2D eigenvalue weighted by Crippen LogP contribution is 2.38. The fourth-order valence-electron chi connectivity index (χ4n) is 3.73. The summed E-state index contributed by atoms with van der Waals surface area (Å²) in [4.78, 5) is 12.2. The van der Waals surface area contributed by atoms with Gasteiger partial charge in [-0.3, -0.25) is 4.79 Å². The van der Waals surface area contributed by atoms with Crippen molar-refractivity contribution in [3.8, 4) is 17.2 Å². The van der Waals surface area contributed by atoms with E-state index in [0.29, 0.717) is 42.3 Å². The molecule has 0 saturated carbocycles. The fraction of sp³-hybridized carbons (Fsp3) is 0.375. The molecule has 0 fully saturated rings. The van der Waals surface area contributed by atoms with Gasteiger partial charge in [0, 0.05) is 25.7 Å². The number of sulfonamides is 1. The van der Waals surface area contributed by atoms with Crippen molar-refractivity contribution in [1.82, 2.24) is 9.62 Å². The number of hydrogen-bond acceptors (Lipinski definition) is 6. The Hall–Kier alpha value is -3.04. The minimum Gasteiger partial charge on any atom is -0.493 e. The topological polar surface area (TPSA) is 94.2 Å². The lowest BCUT2D eigenvalue weighted by Gasteiger charge is -2.28. The summed E-state index contributed by atoms with van der Waals surface area (Å²) in [6, 6.07) is 11.4. The van der Waals surface area contributed by atoms with Gasteiger partial charge in [0.05, 0.1) is 27.1 Å². The molecule has 2 aromatic carbocycles. The van der Waals surface area contributed by atoms with E-state index in [4.69, 9.17) is 14.2 Å². The molecule has 9 heteroatoms. The molecule has 2 aromatic rings. The molecular weight excluding hydrogens is 444 g/mol. The van der Waals surface area contributed by atoms with Crippen LogP contribution in [0.1, 0.15) is 23.1 Å². The lowest BCUT2D eigenvalue weighted by Crippen LogP contribution is -2.38. The van der Waals surface area contributed by atoms with Crippen LogP contribution in [0.5, 0.6) is 17.2 Å². The number of fused-ring (bicyclic) bond motifs is 1. The lowest BCUT2D eigenvalue weighted by molar-refractivity contribution is -0.116. The van der Waals surface area contributed by atoms with Gasteiger partial charge in [-0.05, 0) is 47.7 Å². The molecule has 33 heavy (non-hydrogen) atoms. The van der Waals surface area contributed by atoms with Crippen LogP contribution in [0, 0.1) is 0 Å². The number of benzene rings is 2. The van der Waals surface area contributed by atoms with Crippen molar-refractivity contribution in [2.45, 2.75) is 19.4 Å².